The fourth-order valence-corrected chi connectivity index (χ4v) is 4.52. The van der Waals surface area contributed by atoms with Crippen molar-refractivity contribution < 1.29 is 21.6 Å². The lowest BCUT2D eigenvalue weighted by Gasteiger charge is -2.32. The number of nitrogens with zero attached hydrogens (tertiary/aromatic N) is 5. The zero-order chi connectivity index (χ0) is 20.9. The fraction of sp³-hybridized carbons (Fsp3) is 0.647. The van der Waals surface area contributed by atoms with Gasteiger partial charge in [-0.25, -0.2) is 9.50 Å². The zero-order valence-corrected chi connectivity index (χ0v) is 17.0. The second-order valence-corrected chi connectivity index (χ2v) is 9.69. The first-order valence-corrected chi connectivity index (χ1v) is 10.5. The van der Waals surface area contributed by atoms with Gasteiger partial charge in [0.15, 0.2) is 5.65 Å². The molecule has 1 saturated heterocycles. The van der Waals surface area contributed by atoms with Gasteiger partial charge in [0.1, 0.15) is 5.69 Å². The van der Waals surface area contributed by atoms with E-state index in [0.717, 1.165) is 14.9 Å². The van der Waals surface area contributed by atoms with E-state index in [9.17, 15) is 21.6 Å². The van der Waals surface area contributed by atoms with Gasteiger partial charge in [-0.2, -0.15) is 35.3 Å². The van der Waals surface area contributed by atoms with E-state index in [2.05, 4.69) is 10.1 Å². The first-order chi connectivity index (χ1) is 12.9. The maximum atomic E-state index is 13.5. The number of rotatable bonds is 4. The quantitative estimate of drug-likeness (QED) is 0.764. The van der Waals surface area contributed by atoms with Crippen LogP contribution in [0.15, 0.2) is 12.1 Å². The van der Waals surface area contributed by atoms with Crippen LogP contribution < -0.4 is 0 Å². The molecular formula is C17H24F3N5O2S. The number of fused-ring (bicyclic) bond motifs is 1. The summed E-state index contributed by atoms with van der Waals surface area (Å²) in [6, 6.07) is 2.57. The Morgan fingerprint density at radius 2 is 1.93 bits per heavy atom. The summed E-state index contributed by atoms with van der Waals surface area (Å²) in [6.07, 6.45) is -3.30. The largest absolute Gasteiger partial charge is 0.433 e. The van der Waals surface area contributed by atoms with Crippen molar-refractivity contribution in [3.8, 4) is 0 Å². The van der Waals surface area contributed by atoms with Crippen molar-refractivity contribution in [2.24, 2.45) is 0 Å². The lowest BCUT2D eigenvalue weighted by molar-refractivity contribution is -0.142. The number of alkyl halides is 3. The molecule has 0 N–H and O–H groups in total. The Morgan fingerprint density at radius 1 is 1.25 bits per heavy atom. The minimum Gasteiger partial charge on any atom is -0.233 e. The average molecular weight is 419 g/mol. The Bertz CT molecular complexity index is 969. The van der Waals surface area contributed by atoms with Gasteiger partial charge in [-0.15, -0.1) is 0 Å². The molecule has 1 atom stereocenters. The van der Waals surface area contributed by atoms with Gasteiger partial charge in [-0.3, -0.25) is 0 Å². The van der Waals surface area contributed by atoms with E-state index < -0.39 is 22.1 Å². The Morgan fingerprint density at radius 3 is 2.50 bits per heavy atom. The molecule has 7 nitrogen and oxygen atoms in total. The number of hydrogen-bond acceptors (Lipinski definition) is 4. The van der Waals surface area contributed by atoms with Gasteiger partial charge in [0.25, 0.3) is 10.2 Å². The predicted octanol–water partition coefficient (Wildman–Crippen LogP) is 2.86. The summed E-state index contributed by atoms with van der Waals surface area (Å²) in [7, 11) is -0.673. The Labute approximate surface area is 162 Å². The molecule has 3 rings (SSSR count). The van der Waals surface area contributed by atoms with Crippen LogP contribution in [-0.4, -0.2) is 58.8 Å². The van der Waals surface area contributed by atoms with Crippen molar-refractivity contribution in [1.82, 2.24) is 23.2 Å². The van der Waals surface area contributed by atoms with Crippen LogP contribution >= 0.6 is 0 Å². The molecule has 0 aliphatic carbocycles. The molecule has 0 spiro atoms. The van der Waals surface area contributed by atoms with Crippen molar-refractivity contribution in [2.45, 2.75) is 44.7 Å². The second-order valence-electron chi connectivity index (χ2n) is 7.55. The van der Waals surface area contributed by atoms with Crippen LogP contribution in [0.4, 0.5) is 13.2 Å². The van der Waals surface area contributed by atoms with Crippen molar-refractivity contribution in [3.63, 3.8) is 0 Å². The SMILES string of the molecule is CC(C)c1cc(C(F)(F)F)n2nc([C@@H]3CCCN(S(=O)(=O)N(C)C)C3)cc2n1. The number of halogens is 3. The lowest BCUT2D eigenvalue weighted by atomic mass is 9.96. The smallest absolute Gasteiger partial charge is 0.233 e. The summed E-state index contributed by atoms with van der Waals surface area (Å²) < 4.78 is 68.7. The van der Waals surface area contributed by atoms with Crippen LogP contribution in [0.1, 0.15) is 55.6 Å². The molecule has 0 saturated carbocycles. The topological polar surface area (TPSA) is 70.8 Å². The van der Waals surface area contributed by atoms with E-state index in [1.165, 1.54) is 24.5 Å². The van der Waals surface area contributed by atoms with E-state index >= 15 is 0 Å². The third-order valence-electron chi connectivity index (χ3n) is 4.94. The molecule has 1 aliphatic rings. The zero-order valence-electron chi connectivity index (χ0n) is 16.2. The second kappa shape index (κ2) is 7.27. The maximum absolute atomic E-state index is 13.5. The highest BCUT2D eigenvalue weighted by Crippen LogP contribution is 2.33. The van der Waals surface area contributed by atoms with E-state index in [4.69, 9.17) is 0 Å². The molecule has 1 aliphatic heterocycles. The molecule has 156 valence electrons. The molecule has 3 heterocycles. The minimum atomic E-state index is -4.57. The molecule has 0 bridgehead atoms. The standard InChI is InChI=1S/C17H24F3N5O2S/c1-11(2)13-8-15(17(18,19)20)25-16(21-13)9-14(22-25)12-6-5-7-24(10-12)28(26,27)23(3)4/h8-9,11-12H,5-7,10H2,1-4H3/t12-/m1/s1. The maximum Gasteiger partial charge on any atom is 0.433 e. The minimum absolute atomic E-state index is 0.126. The van der Waals surface area contributed by atoms with Crippen LogP contribution in [-0.2, 0) is 16.4 Å². The van der Waals surface area contributed by atoms with Crippen LogP contribution in [0, 0.1) is 0 Å². The molecule has 0 amide bonds. The van der Waals surface area contributed by atoms with E-state index in [1.54, 1.807) is 13.8 Å². The van der Waals surface area contributed by atoms with Crippen molar-refractivity contribution in [1.29, 1.82) is 0 Å². The number of hydrogen-bond donors (Lipinski definition) is 0. The summed E-state index contributed by atoms with van der Waals surface area (Å²) in [6.45, 7) is 4.12. The highest BCUT2D eigenvalue weighted by atomic mass is 32.2. The highest BCUT2D eigenvalue weighted by Gasteiger charge is 2.37. The van der Waals surface area contributed by atoms with Gasteiger partial charge >= 0.3 is 6.18 Å². The summed E-state index contributed by atoms with van der Waals surface area (Å²) in [5, 5.41) is 4.16. The summed E-state index contributed by atoms with van der Waals surface area (Å²) in [5.74, 6) is -0.450. The number of piperidine rings is 1. The Hall–Kier alpha value is -1.72. The van der Waals surface area contributed by atoms with Crippen molar-refractivity contribution >= 4 is 15.9 Å². The van der Waals surface area contributed by atoms with Gasteiger partial charge in [0.05, 0.1) is 5.69 Å². The monoisotopic (exact) mass is 419 g/mol. The average Bonchev–Trinajstić information content (AvgIpc) is 3.03. The predicted molar refractivity (Wildman–Crippen MR) is 98.2 cm³/mol. The van der Waals surface area contributed by atoms with Gasteiger partial charge in [0, 0.05) is 44.9 Å². The molecule has 0 radical (unpaired) electrons. The summed E-state index contributed by atoms with van der Waals surface area (Å²) in [5.41, 5.74) is 0.0198. The number of aromatic nitrogens is 3. The molecular weight excluding hydrogens is 395 g/mol. The van der Waals surface area contributed by atoms with Crippen LogP contribution in [0.2, 0.25) is 0 Å². The Kier molecular flexibility index (Phi) is 5.45. The molecule has 0 aromatic carbocycles. The first kappa shape index (κ1) is 21.0. The molecule has 2 aromatic heterocycles. The van der Waals surface area contributed by atoms with E-state index in [-0.39, 0.29) is 24.0 Å². The van der Waals surface area contributed by atoms with Gasteiger partial charge in [-0.05, 0) is 24.8 Å². The molecule has 0 unspecified atom stereocenters. The fourth-order valence-electron chi connectivity index (χ4n) is 3.33. The van der Waals surface area contributed by atoms with E-state index in [0.29, 0.717) is 30.8 Å². The lowest BCUT2D eigenvalue weighted by Crippen LogP contribution is -2.44. The van der Waals surface area contributed by atoms with Gasteiger partial charge < -0.3 is 0 Å². The van der Waals surface area contributed by atoms with Gasteiger partial charge in [-0.1, -0.05) is 13.8 Å². The van der Waals surface area contributed by atoms with Crippen molar-refractivity contribution in [2.75, 3.05) is 27.2 Å². The molecule has 2 aromatic rings. The van der Waals surface area contributed by atoms with Gasteiger partial charge in [0.2, 0.25) is 0 Å². The third-order valence-corrected chi connectivity index (χ3v) is 6.85. The third kappa shape index (κ3) is 3.87. The van der Waals surface area contributed by atoms with E-state index in [1.807, 2.05) is 0 Å². The van der Waals surface area contributed by atoms with Crippen LogP contribution in [0.5, 0.6) is 0 Å². The first-order valence-electron chi connectivity index (χ1n) is 9.06. The van der Waals surface area contributed by atoms with Crippen LogP contribution in [0.25, 0.3) is 5.65 Å². The highest BCUT2D eigenvalue weighted by molar-refractivity contribution is 7.86. The Balaban J connectivity index is 2.02. The summed E-state index contributed by atoms with van der Waals surface area (Å²) >= 11 is 0. The van der Waals surface area contributed by atoms with Crippen molar-refractivity contribution in [3.05, 3.63) is 29.2 Å². The summed E-state index contributed by atoms with van der Waals surface area (Å²) in [4.78, 5) is 4.32. The molecule has 28 heavy (non-hydrogen) atoms. The molecule has 11 heteroatoms. The molecule has 1 fully saturated rings. The van der Waals surface area contributed by atoms with Crippen LogP contribution in [0.3, 0.4) is 0 Å². The normalized spacial score (nSPS) is 19.8.